The van der Waals surface area contributed by atoms with Gasteiger partial charge in [-0.15, -0.1) is 0 Å². The number of aliphatic hydroxyl groups excluding tert-OH is 1. The lowest BCUT2D eigenvalue weighted by molar-refractivity contribution is 0.0654. The lowest BCUT2D eigenvalue weighted by Gasteiger charge is -2.25. The van der Waals surface area contributed by atoms with Crippen molar-refractivity contribution in [3.8, 4) is 5.88 Å². The zero-order valence-electron chi connectivity index (χ0n) is 17.7. The van der Waals surface area contributed by atoms with E-state index in [1.165, 1.54) is 5.69 Å². The van der Waals surface area contributed by atoms with Gasteiger partial charge in [-0.1, -0.05) is 0 Å². The van der Waals surface area contributed by atoms with Gasteiger partial charge in [0.05, 0.1) is 42.5 Å². The van der Waals surface area contributed by atoms with Gasteiger partial charge in [-0.3, -0.25) is 4.68 Å². The molecule has 2 aliphatic carbocycles. The summed E-state index contributed by atoms with van der Waals surface area (Å²) in [4.78, 5) is 8.40. The molecule has 0 amide bonds. The molecule has 0 unspecified atom stereocenters. The summed E-state index contributed by atoms with van der Waals surface area (Å²) in [5.74, 6) is 0.512. The molecule has 8 nitrogen and oxygen atoms in total. The summed E-state index contributed by atoms with van der Waals surface area (Å²) in [5, 5.41) is 17.5. The summed E-state index contributed by atoms with van der Waals surface area (Å²) in [7, 11) is 0. The van der Waals surface area contributed by atoms with Crippen LogP contribution >= 0.6 is 0 Å². The minimum atomic E-state index is -0.568. The second-order valence-electron chi connectivity index (χ2n) is 8.96. The Balaban J connectivity index is 1.29. The number of hydrogen-bond acceptors (Lipinski definition) is 7. The molecule has 9 heteroatoms. The van der Waals surface area contributed by atoms with Crippen LogP contribution in [0.15, 0.2) is 12.4 Å². The quantitative estimate of drug-likeness (QED) is 0.690. The number of ether oxygens (including phenoxy) is 2. The van der Waals surface area contributed by atoms with E-state index in [1.54, 1.807) is 0 Å². The Morgan fingerprint density at radius 3 is 2.61 bits per heavy atom. The summed E-state index contributed by atoms with van der Waals surface area (Å²) in [6.07, 6.45) is 10.3. The summed E-state index contributed by atoms with van der Waals surface area (Å²) < 4.78 is 27.6. The minimum absolute atomic E-state index is 0.0339. The van der Waals surface area contributed by atoms with Gasteiger partial charge in [0.2, 0.25) is 11.8 Å². The fourth-order valence-electron chi connectivity index (χ4n) is 4.59. The topological polar surface area (TPSA) is 94.3 Å². The summed E-state index contributed by atoms with van der Waals surface area (Å²) in [6, 6.07) is 0.349. The first-order valence-electron chi connectivity index (χ1n) is 11.4. The highest BCUT2D eigenvalue weighted by Gasteiger charge is 2.33. The van der Waals surface area contributed by atoms with Crippen LogP contribution in [0.5, 0.6) is 5.88 Å². The Bertz CT molecular complexity index is 889. The number of hydrogen-bond donors (Lipinski definition) is 2. The van der Waals surface area contributed by atoms with Crippen LogP contribution in [0.3, 0.4) is 0 Å². The molecule has 0 atom stereocenters. The Kier molecular flexibility index (Phi) is 6.04. The van der Waals surface area contributed by atoms with Gasteiger partial charge in [0, 0.05) is 19.1 Å². The molecule has 0 aromatic carbocycles. The zero-order valence-corrected chi connectivity index (χ0v) is 17.7. The summed E-state index contributed by atoms with van der Waals surface area (Å²) in [6.45, 7) is 1.92. The average molecular weight is 432 g/mol. The normalized spacial score (nSPS) is 24.8. The number of nitrogens with one attached hydrogen (secondary N) is 1. The maximum atomic E-state index is 14.2. The molecule has 2 aromatic heterocycles. The Morgan fingerprint density at radius 2 is 1.87 bits per heavy atom. The molecule has 5 rings (SSSR count). The maximum absolute atomic E-state index is 14.2. The van der Waals surface area contributed by atoms with E-state index < -0.39 is 5.82 Å². The van der Waals surface area contributed by atoms with E-state index in [0.29, 0.717) is 30.4 Å². The van der Waals surface area contributed by atoms with Crippen molar-refractivity contribution in [1.82, 2.24) is 19.7 Å². The molecule has 3 fully saturated rings. The molecule has 2 saturated carbocycles. The van der Waals surface area contributed by atoms with Gasteiger partial charge in [-0.25, -0.2) is 4.98 Å². The highest BCUT2D eigenvalue weighted by Crippen LogP contribution is 2.45. The Labute approximate surface area is 181 Å². The molecule has 1 aliphatic heterocycles. The van der Waals surface area contributed by atoms with Crippen LogP contribution in [0.4, 0.5) is 16.0 Å². The third-order valence-corrected chi connectivity index (χ3v) is 6.57. The average Bonchev–Trinajstić information content (AvgIpc) is 3.55. The molecule has 2 N–H and O–H groups in total. The van der Waals surface area contributed by atoms with Gasteiger partial charge in [0.1, 0.15) is 0 Å². The Hall–Kier alpha value is -2.26. The van der Waals surface area contributed by atoms with Gasteiger partial charge >= 0.3 is 0 Å². The SMILES string of the molecule is O[C@H]1CC[C@H](COc2nc(Nc3cnn(C4CCOCC4)c3C3CC3)ncc2F)CC1. The predicted molar refractivity (Wildman–Crippen MR) is 112 cm³/mol. The van der Waals surface area contributed by atoms with Crippen molar-refractivity contribution in [2.45, 2.75) is 69.4 Å². The van der Waals surface area contributed by atoms with Crippen LogP contribution in [-0.4, -0.2) is 50.8 Å². The third kappa shape index (κ3) is 4.82. The van der Waals surface area contributed by atoms with E-state index in [1.807, 2.05) is 6.20 Å². The molecule has 168 valence electrons. The van der Waals surface area contributed by atoms with Crippen molar-refractivity contribution in [1.29, 1.82) is 0 Å². The highest BCUT2D eigenvalue weighted by molar-refractivity contribution is 5.58. The van der Waals surface area contributed by atoms with Crippen LogP contribution in [-0.2, 0) is 4.74 Å². The number of anilines is 2. The lowest BCUT2D eigenvalue weighted by Crippen LogP contribution is -2.23. The molecule has 31 heavy (non-hydrogen) atoms. The fraction of sp³-hybridized carbons (Fsp3) is 0.682. The van der Waals surface area contributed by atoms with E-state index >= 15 is 0 Å². The fourth-order valence-corrected chi connectivity index (χ4v) is 4.59. The first kappa shape index (κ1) is 20.6. The number of nitrogens with zero attached hydrogens (tertiary/aromatic N) is 4. The first-order chi connectivity index (χ1) is 15.2. The molecule has 0 radical (unpaired) electrons. The molecule has 1 saturated heterocycles. The number of aromatic nitrogens is 4. The van der Waals surface area contributed by atoms with E-state index in [-0.39, 0.29) is 12.0 Å². The monoisotopic (exact) mass is 431 g/mol. The highest BCUT2D eigenvalue weighted by atomic mass is 19.1. The standard InChI is InChI=1S/C22H30FN5O3/c23-18-11-24-22(27-21(18)31-13-14-1-5-17(29)6-2-14)26-19-12-25-28(20(19)15-3-4-15)16-7-9-30-10-8-16/h11-12,14-17,29H,1-10,13H2,(H,24,26,27)/t14-,17-. The smallest absolute Gasteiger partial charge is 0.255 e. The van der Waals surface area contributed by atoms with Crippen molar-refractivity contribution in [2.75, 3.05) is 25.1 Å². The van der Waals surface area contributed by atoms with Crippen LogP contribution in [0.2, 0.25) is 0 Å². The number of rotatable bonds is 7. The zero-order chi connectivity index (χ0) is 21.2. The van der Waals surface area contributed by atoms with Crippen molar-refractivity contribution in [3.63, 3.8) is 0 Å². The number of aliphatic hydroxyl groups is 1. The molecular weight excluding hydrogens is 401 g/mol. The number of halogens is 1. The van der Waals surface area contributed by atoms with E-state index in [0.717, 1.165) is 76.5 Å². The first-order valence-corrected chi connectivity index (χ1v) is 11.4. The Morgan fingerprint density at radius 1 is 1.10 bits per heavy atom. The van der Waals surface area contributed by atoms with Crippen LogP contribution in [0, 0.1) is 11.7 Å². The second kappa shape index (κ2) is 9.08. The van der Waals surface area contributed by atoms with Crippen LogP contribution in [0.1, 0.15) is 69.0 Å². The molecule has 0 bridgehead atoms. The van der Waals surface area contributed by atoms with E-state index in [4.69, 9.17) is 9.47 Å². The van der Waals surface area contributed by atoms with E-state index in [9.17, 15) is 9.50 Å². The molecule has 3 aliphatic rings. The summed E-state index contributed by atoms with van der Waals surface area (Å²) >= 11 is 0. The largest absolute Gasteiger partial charge is 0.475 e. The second-order valence-corrected chi connectivity index (χ2v) is 8.96. The van der Waals surface area contributed by atoms with Crippen LogP contribution in [0.25, 0.3) is 0 Å². The third-order valence-electron chi connectivity index (χ3n) is 6.57. The van der Waals surface area contributed by atoms with Crippen molar-refractivity contribution in [3.05, 3.63) is 23.9 Å². The van der Waals surface area contributed by atoms with Gasteiger partial charge in [-0.2, -0.15) is 14.5 Å². The van der Waals surface area contributed by atoms with Crippen molar-refractivity contribution < 1.29 is 19.0 Å². The van der Waals surface area contributed by atoms with Gasteiger partial charge in [0.15, 0.2) is 0 Å². The van der Waals surface area contributed by atoms with Crippen LogP contribution < -0.4 is 10.1 Å². The predicted octanol–water partition coefficient (Wildman–Crippen LogP) is 3.71. The van der Waals surface area contributed by atoms with Crippen molar-refractivity contribution >= 4 is 11.6 Å². The van der Waals surface area contributed by atoms with Gasteiger partial charge in [-0.05, 0) is 57.3 Å². The molecular formula is C22H30FN5O3. The van der Waals surface area contributed by atoms with Gasteiger partial charge in [0.25, 0.3) is 5.88 Å². The minimum Gasteiger partial charge on any atom is -0.475 e. The van der Waals surface area contributed by atoms with Crippen molar-refractivity contribution in [2.24, 2.45) is 5.92 Å². The molecule has 3 heterocycles. The van der Waals surface area contributed by atoms with Gasteiger partial charge < -0.3 is 19.9 Å². The maximum Gasteiger partial charge on any atom is 0.255 e. The molecule has 0 spiro atoms. The lowest BCUT2D eigenvalue weighted by atomic mass is 9.88. The summed E-state index contributed by atoms with van der Waals surface area (Å²) in [5.41, 5.74) is 2.07. The molecule has 2 aromatic rings. The van der Waals surface area contributed by atoms with E-state index in [2.05, 4.69) is 25.1 Å².